The molecule has 134 valence electrons. The number of rotatable bonds is 3. The third-order valence-corrected chi connectivity index (χ3v) is 6.46. The van der Waals surface area contributed by atoms with Gasteiger partial charge in [0.15, 0.2) is 9.84 Å². The van der Waals surface area contributed by atoms with Gasteiger partial charge in [0.05, 0.1) is 17.5 Å². The number of hydrogen-bond acceptors (Lipinski definition) is 5. The van der Waals surface area contributed by atoms with E-state index >= 15 is 0 Å². The molecule has 1 fully saturated rings. The number of sulfone groups is 1. The quantitative estimate of drug-likeness (QED) is 0.860. The third-order valence-electron chi connectivity index (χ3n) is 4.31. The summed E-state index contributed by atoms with van der Waals surface area (Å²) in [7, 11) is -3.14. The fourth-order valence-electron chi connectivity index (χ4n) is 2.86. The highest BCUT2D eigenvalue weighted by atomic mass is 35.5. The monoisotopic (exact) mass is 383 g/mol. The lowest BCUT2D eigenvalue weighted by Gasteiger charge is -2.27. The molecule has 1 aromatic rings. The van der Waals surface area contributed by atoms with Crippen LogP contribution < -0.4 is 5.32 Å². The lowest BCUT2D eigenvalue weighted by molar-refractivity contribution is -0.133. The van der Waals surface area contributed by atoms with Gasteiger partial charge in [0.25, 0.3) is 5.91 Å². The number of hydrazone groups is 1. The number of carbonyl (C=O) groups excluding carboxylic acids is 2. The highest BCUT2D eigenvalue weighted by Gasteiger charge is 2.37. The molecule has 0 aliphatic carbocycles. The van der Waals surface area contributed by atoms with Crippen LogP contribution in [0.2, 0.25) is 5.02 Å². The number of anilines is 1. The first-order valence-corrected chi connectivity index (χ1v) is 10.1. The van der Waals surface area contributed by atoms with Gasteiger partial charge in [0, 0.05) is 23.6 Å². The molecule has 1 unspecified atom stereocenters. The number of aryl methyl sites for hydroxylation is 1. The summed E-state index contributed by atoms with van der Waals surface area (Å²) in [6, 6.07) is 4.67. The van der Waals surface area contributed by atoms with Gasteiger partial charge in [0.1, 0.15) is 5.71 Å². The van der Waals surface area contributed by atoms with Crippen molar-refractivity contribution in [2.75, 3.05) is 16.8 Å². The highest BCUT2D eigenvalue weighted by Crippen LogP contribution is 2.23. The Bertz CT molecular complexity index is 866. The van der Waals surface area contributed by atoms with Gasteiger partial charge >= 0.3 is 0 Å². The largest absolute Gasteiger partial charge is 0.321 e. The number of carbonyl (C=O) groups is 2. The van der Waals surface area contributed by atoms with Gasteiger partial charge in [-0.05, 0) is 31.0 Å². The van der Waals surface area contributed by atoms with E-state index in [1.165, 1.54) is 5.01 Å². The standard InChI is InChI=1S/C16H18ClN3O4S/c1-10-2-3-11(8-13(10)17)18-16(22)14-4-5-15(21)20(19-14)12-6-7-25(23,24)9-12/h2-3,8,12H,4-7,9H2,1H3,(H,18,22). The SMILES string of the molecule is Cc1ccc(NC(=O)C2=NN(C3CCS(=O)(=O)C3)C(=O)CC2)cc1Cl. The molecule has 2 aliphatic rings. The summed E-state index contributed by atoms with van der Waals surface area (Å²) in [5, 5.41) is 8.56. The Hall–Kier alpha value is -1.93. The van der Waals surface area contributed by atoms with Gasteiger partial charge in [0.2, 0.25) is 5.91 Å². The van der Waals surface area contributed by atoms with Crippen LogP contribution in [0, 0.1) is 6.92 Å². The van der Waals surface area contributed by atoms with Crippen LogP contribution in [0.15, 0.2) is 23.3 Å². The van der Waals surface area contributed by atoms with Crippen molar-refractivity contribution in [1.82, 2.24) is 5.01 Å². The molecule has 2 amide bonds. The molecule has 3 rings (SSSR count). The van der Waals surface area contributed by atoms with Crippen LogP contribution in [-0.2, 0) is 19.4 Å². The predicted molar refractivity (Wildman–Crippen MR) is 95.4 cm³/mol. The third kappa shape index (κ3) is 4.01. The number of benzene rings is 1. The summed E-state index contributed by atoms with van der Waals surface area (Å²) in [6.45, 7) is 1.86. The molecule has 1 saturated heterocycles. The van der Waals surface area contributed by atoms with Crippen LogP contribution in [0.3, 0.4) is 0 Å². The second kappa shape index (κ2) is 6.76. The minimum absolute atomic E-state index is 0.0420. The van der Waals surface area contributed by atoms with Crippen LogP contribution in [0.5, 0.6) is 0 Å². The zero-order chi connectivity index (χ0) is 18.2. The van der Waals surface area contributed by atoms with E-state index in [1.54, 1.807) is 18.2 Å². The Kier molecular flexibility index (Phi) is 4.83. The minimum atomic E-state index is -3.14. The molecule has 9 heteroatoms. The molecule has 0 bridgehead atoms. The first-order valence-electron chi connectivity index (χ1n) is 7.92. The number of amides is 2. The zero-order valence-corrected chi connectivity index (χ0v) is 15.2. The molecule has 2 heterocycles. The van der Waals surface area contributed by atoms with Crippen LogP contribution in [0.4, 0.5) is 5.69 Å². The van der Waals surface area contributed by atoms with E-state index in [0.29, 0.717) is 17.1 Å². The van der Waals surface area contributed by atoms with Gasteiger partial charge in [-0.1, -0.05) is 17.7 Å². The summed E-state index contributed by atoms with van der Waals surface area (Å²) < 4.78 is 23.3. The van der Waals surface area contributed by atoms with Crippen molar-refractivity contribution in [2.24, 2.45) is 5.10 Å². The average Bonchev–Trinajstić information content (AvgIpc) is 2.91. The minimum Gasteiger partial charge on any atom is -0.321 e. The number of halogens is 1. The van der Waals surface area contributed by atoms with Gasteiger partial charge in [-0.2, -0.15) is 5.10 Å². The van der Waals surface area contributed by atoms with Crippen LogP contribution in [0.25, 0.3) is 0 Å². The van der Waals surface area contributed by atoms with Crippen molar-refractivity contribution >= 4 is 44.7 Å². The first kappa shape index (κ1) is 17.9. The van der Waals surface area contributed by atoms with E-state index in [1.807, 2.05) is 6.92 Å². The molecule has 1 N–H and O–H groups in total. The average molecular weight is 384 g/mol. The molecular formula is C16H18ClN3O4S. The van der Waals surface area contributed by atoms with Gasteiger partial charge in [-0.25, -0.2) is 13.4 Å². The molecule has 0 radical (unpaired) electrons. The van der Waals surface area contributed by atoms with E-state index in [-0.39, 0.29) is 36.0 Å². The molecule has 0 saturated carbocycles. The number of nitrogens with one attached hydrogen (secondary N) is 1. The fourth-order valence-corrected chi connectivity index (χ4v) is 4.73. The number of hydrogen-bond donors (Lipinski definition) is 1. The smallest absolute Gasteiger partial charge is 0.271 e. The van der Waals surface area contributed by atoms with E-state index in [0.717, 1.165) is 5.56 Å². The predicted octanol–water partition coefficient (Wildman–Crippen LogP) is 1.75. The fraction of sp³-hybridized carbons (Fsp3) is 0.438. The summed E-state index contributed by atoms with van der Waals surface area (Å²) in [6.07, 6.45) is 0.706. The van der Waals surface area contributed by atoms with Crippen molar-refractivity contribution in [3.05, 3.63) is 28.8 Å². The Balaban J connectivity index is 1.76. The second-order valence-electron chi connectivity index (χ2n) is 6.26. The Morgan fingerprint density at radius 1 is 1.36 bits per heavy atom. The Labute approximate surface area is 150 Å². The summed E-state index contributed by atoms with van der Waals surface area (Å²) in [4.78, 5) is 24.5. The van der Waals surface area contributed by atoms with Crippen LogP contribution >= 0.6 is 11.6 Å². The molecule has 25 heavy (non-hydrogen) atoms. The van der Waals surface area contributed by atoms with Gasteiger partial charge in [-0.3, -0.25) is 9.59 Å². The molecule has 0 spiro atoms. The maximum atomic E-state index is 12.4. The van der Waals surface area contributed by atoms with Crippen molar-refractivity contribution in [3.63, 3.8) is 0 Å². The maximum Gasteiger partial charge on any atom is 0.271 e. The highest BCUT2D eigenvalue weighted by molar-refractivity contribution is 7.91. The lowest BCUT2D eigenvalue weighted by Crippen LogP contribution is -2.42. The summed E-state index contributed by atoms with van der Waals surface area (Å²) >= 11 is 6.05. The zero-order valence-electron chi connectivity index (χ0n) is 13.7. The molecule has 0 aromatic heterocycles. The van der Waals surface area contributed by atoms with Crippen molar-refractivity contribution < 1.29 is 18.0 Å². The normalized spacial score (nSPS) is 22.6. The van der Waals surface area contributed by atoms with Gasteiger partial charge < -0.3 is 5.32 Å². The molecule has 2 aliphatic heterocycles. The van der Waals surface area contributed by atoms with E-state index in [2.05, 4.69) is 10.4 Å². The topological polar surface area (TPSA) is 95.9 Å². The molecular weight excluding hydrogens is 366 g/mol. The lowest BCUT2D eigenvalue weighted by atomic mass is 10.1. The van der Waals surface area contributed by atoms with Crippen LogP contribution in [0.1, 0.15) is 24.8 Å². The Morgan fingerprint density at radius 2 is 2.12 bits per heavy atom. The summed E-state index contributed by atoms with van der Waals surface area (Å²) in [5.41, 5.74) is 1.64. The Morgan fingerprint density at radius 3 is 2.76 bits per heavy atom. The second-order valence-corrected chi connectivity index (χ2v) is 8.90. The van der Waals surface area contributed by atoms with Crippen molar-refractivity contribution in [3.8, 4) is 0 Å². The van der Waals surface area contributed by atoms with Crippen LogP contribution in [-0.4, -0.2) is 48.5 Å². The van der Waals surface area contributed by atoms with Crippen molar-refractivity contribution in [2.45, 2.75) is 32.2 Å². The first-order chi connectivity index (χ1) is 11.7. The molecule has 7 nitrogen and oxygen atoms in total. The van der Waals surface area contributed by atoms with Crippen molar-refractivity contribution in [1.29, 1.82) is 0 Å². The van der Waals surface area contributed by atoms with E-state index in [9.17, 15) is 18.0 Å². The van der Waals surface area contributed by atoms with Gasteiger partial charge in [-0.15, -0.1) is 0 Å². The molecule has 1 aromatic carbocycles. The number of nitrogens with zero attached hydrogens (tertiary/aromatic N) is 2. The summed E-state index contributed by atoms with van der Waals surface area (Å²) in [5.74, 6) is -0.735. The molecule has 1 atom stereocenters. The van der Waals surface area contributed by atoms with E-state index in [4.69, 9.17) is 11.6 Å². The van der Waals surface area contributed by atoms with E-state index < -0.39 is 21.8 Å². The maximum absolute atomic E-state index is 12.4.